The van der Waals surface area contributed by atoms with Gasteiger partial charge >= 0.3 is 0 Å². The van der Waals surface area contributed by atoms with Crippen molar-refractivity contribution in [2.45, 2.75) is 32.2 Å². The van der Waals surface area contributed by atoms with Crippen molar-refractivity contribution in [3.05, 3.63) is 10.0 Å². The van der Waals surface area contributed by atoms with E-state index in [0.29, 0.717) is 6.04 Å². The van der Waals surface area contributed by atoms with Crippen LogP contribution in [0.2, 0.25) is 0 Å². The summed E-state index contributed by atoms with van der Waals surface area (Å²) in [5.41, 5.74) is 0. The minimum atomic E-state index is 0.477. The molecular formula is C8H13N3S. The van der Waals surface area contributed by atoms with Gasteiger partial charge in [-0.2, -0.15) is 0 Å². The standard InChI is InChI=1S/C8H13N3S/c1-6-10-11-8(12-6)7-4-2-3-5-9-7/h7,9H,2-5H2,1H3. The molecule has 2 rings (SSSR count). The molecular weight excluding hydrogens is 170 g/mol. The Morgan fingerprint density at radius 3 is 2.92 bits per heavy atom. The highest BCUT2D eigenvalue weighted by atomic mass is 32.1. The van der Waals surface area contributed by atoms with E-state index < -0.39 is 0 Å². The van der Waals surface area contributed by atoms with E-state index in [1.165, 1.54) is 19.3 Å². The fourth-order valence-corrected chi connectivity index (χ4v) is 2.32. The summed E-state index contributed by atoms with van der Waals surface area (Å²) in [5, 5.41) is 13.8. The molecule has 12 heavy (non-hydrogen) atoms. The number of nitrogens with one attached hydrogen (secondary N) is 1. The van der Waals surface area contributed by atoms with Crippen LogP contribution in [0.25, 0.3) is 0 Å². The predicted octanol–water partition coefficient (Wildman–Crippen LogP) is 1.66. The summed E-state index contributed by atoms with van der Waals surface area (Å²) in [4.78, 5) is 0. The third-order valence-corrected chi connectivity index (χ3v) is 3.10. The SMILES string of the molecule is Cc1nnc(C2CCCCN2)s1. The molecule has 66 valence electrons. The highest BCUT2D eigenvalue weighted by Gasteiger charge is 2.17. The first kappa shape index (κ1) is 8.13. The topological polar surface area (TPSA) is 37.8 Å². The fraction of sp³-hybridized carbons (Fsp3) is 0.750. The molecule has 0 amide bonds. The van der Waals surface area contributed by atoms with Gasteiger partial charge < -0.3 is 5.32 Å². The van der Waals surface area contributed by atoms with E-state index in [9.17, 15) is 0 Å². The molecule has 1 aliphatic heterocycles. The number of aromatic nitrogens is 2. The molecule has 3 nitrogen and oxygen atoms in total. The molecule has 1 aliphatic rings. The average Bonchev–Trinajstić information content (AvgIpc) is 2.54. The number of nitrogens with zero attached hydrogens (tertiary/aromatic N) is 2. The molecule has 1 saturated heterocycles. The maximum Gasteiger partial charge on any atom is 0.134 e. The molecule has 1 fully saturated rings. The molecule has 0 spiro atoms. The van der Waals surface area contributed by atoms with Crippen LogP contribution < -0.4 is 5.32 Å². The summed E-state index contributed by atoms with van der Waals surface area (Å²) in [6.45, 7) is 3.13. The van der Waals surface area contributed by atoms with Crippen molar-refractivity contribution in [2.75, 3.05) is 6.54 Å². The van der Waals surface area contributed by atoms with E-state index in [0.717, 1.165) is 16.6 Å². The van der Waals surface area contributed by atoms with Gasteiger partial charge in [0.15, 0.2) is 0 Å². The second kappa shape index (κ2) is 3.49. The molecule has 1 aromatic rings. The number of aryl methyl sites for hydroxylation is 1. The molecule has 0 aliphatic carbocycles. The maximum absolute atomic E-state index is 4.15. The number of piperidine rings is 1. The summed E-state index contributed by atoms with van der Waals surface area (Å²) in [5.74, 6) is 0. The predicted molar refractivity (Wildman–Crippen MR) is 49.2 cm³/mol. The maximum atomic E-state index is 4.15. The highest BCUT2D eigenvalue weighted by molar-refractivity contribution is 7.11. The summed E-state index contributed by atoms with van der Waals surface area (Å²) >= 11 is 1.71. The third-order valence-electron chi connectivity index (χ3n) is 2.15. The first-order valence-electron chi connectivity index (χ1n) is 4.39. The van der Waals surface area contributed by atoms with Gasteiger partial charge in [0, 0.05) is 0 Å². The minimum Gasteiger partial charge on any atom is -0.308 e. The van der Waals surface area contributed by atoms with E-state index in [1.54, 1.807) is 11.3 Å². The highest BCUT2D eigenvalue weighted by Crippen LogP contribution is 2.24. The largest absolute Gasteiger partial charge is 0.308 e. The van der Waals surface area contributed by atoms with Crippen molar-refractivity contribution >= 4 is 11.3 Å². The van der Waals surface area contributed by atoms with Crippen LogP contribution in [0.15, 0.2) is 0 Å². The van der Waals surface area contributed by atoms with Gasteiger partial charge in [-0.05, 0) is 26.3 Å². The smallest absolute Gasteiger partial charge is 0.134 e. The molecule has 4 heteroatoms. The average molecular weight is 183 g/mol. The summed E-state index contributed by atoms with van der Waals surface area (Å²) in [6, 6.07) is 0.477. The number of hydrogen-bond donors (Lipinski definition) is 1. The van der Waals surface area contributed by atoms with E-state index >= 15 is 0 Å². The normalized spacial score (nSPS) is 24.2. The first-order valence-corrected chi connectivity index (χ1v) is 5.21. The Bertz CT molecular complexity index is 253. The number of rotatable bonds is 1. The lowest BCUT2D eigenvalue weighted by molar-refractivity contribution is 0.409. The first-order chi connectivity index (χ1) is 5.86. The zero-order valence-electron chi connectivity index (χ0n) is 7.21. The lowest BCUT2D eigenvalue weighted by Gasteiger charge is -2.20. The molecule has 1 atom stereocenters. The second-order valence-electron chi connectivity index (χ2n) is 3.16. The van der Waals surface area contributed by atoms with Gasteiger partial charge in [-0.3, -0.25) is 0 Å². The van der Waals surface area contributed by atoms with Crippen molar-refractivity contribution in [1.82, 2.24) is 15.5 Å². The van der Waals surface area contributed by atoms with Crippen molar-refractivity contribution < 1.29 is 0 Å². The molecule has 0 aromatic carbocycles. The molecule has 1 N–H and O–H groups in total. The van der Waals surface area contributed by atoms with Gasteiger partial charge in [0.2, 0.25) is 0 Å². The molecule has 0 bridgehead atoms. The Kier molecular flexibility index (Phi) is 2.37. The van der Waals surface area contributed by atoms with Gasteiger partial charge in [-0.25, -0.2) is 0 Å². The van der Waals surface area contributed by atoms with Gasteiger partial charge in [-0.15, -0.1) is 21.5 Å². The van der Waals surface area contributed by atoms with E-state index in [-0.39, 0.29) is 0 Å². The van der Waals surface area contributed by atoms with Crippen LogP contribution in [0, 0.1) is 6.92 Å². The summed E-state index contributed by atoms with van der Waals surface area (Å²) in [7, 11) is 0. The monoisotopic (exact) mass is 183 g/mol. The second-order valence-corrected chi connectivity index (χ2v) is 4.38. The van der Waals surface area contributed by atoms with Gasteiger partial charge in [0.05, 0.1) is 6.04 Å². The molecule has 1 aromatic heterocycles. The van der Waals surface area contributed by atoms with Crippen LogP contribution in [0.1, 0.15) is 35.3 Å². The molecule has 1 unspecified atom stereocenters. The van der Waals surface area contributed by atoms with Gasteiger partial charge in [0.25, 0.3) is 0 Å². The van der Waals surface area contributed by atoms with Crippen LogP contribution in [-0.2, 0) is 0 Å². The Morgan fingerprint density at radius 2 is 2.33 bits per heavy atom. The Morgan fingerprint density at radius 1 is 1.42 bits per heavy atom. The molecule has 0 saturated carbocycles. The van der Waals surface area contributed by atoms with E-state index in [4.69, 9.17) is 0 Å². The summed E-state index contributed by atoms with van der Waals surface area (Å²) in [6.07, 6.45) is 3.83. The summed E-state index contributed by atoms with van der Waals surface area (Å²) < 4.78 is 0. The van der Waals surface area contributed by atoms with E-state index in [2.05, 4.69) is 15.5 Å². The van der Waals surface area contributed by atoms with Crippen molar-refractivity contribution in [1.29, 1.82) is 0 Å². The Labute approximate surface area is 76.2 Å². The van der Waals surface area contributed by atoms with Crippen LogP contribution in [-0.4, -0.2) is 16.7 Å². The lowest BCUT2D eigenvalue weighted by Crippen LogP contribution is -2.26. The minimum absolute atomic E-state index is 0.477. The van der Waals surface area contributed by atoms with Crippen LogP contribution in [0.3, 0.4) is 0 Å². The van der Waals surface area contributed by atoms with Crippen molar-refractivity contribution in [3.8, 4) is 0 Å². The quantitative estimate of drug-likeness (QED) is 0.719. The Hall–Kier alpha value is -0.480. The fourth-order valence-electron chi connectivity index (χ4n) is 1.52. The molecule has 2 heterocycles. The van der Waals surface area contributed by atoms with Crippen molar-refractivity contribution in [3.63, 3.8) is 0 Å². The van der Waals surface area contributed by atoms with Gasteiger partial charge in [-0.1, -0.05) is 6.42 Å². The Balaban J connectivity index is 2.08. The zero-order valence-corrected chi connectivity index (χ0v) is 8.02. The van der Waals surface area contributed by atoms with Crippen LogP contribution in [0.5, 0.6) is 0 Å². The zero-order chi connectivity index (χ0) is 8.39. The van der Waals surface area contributed by atoms with E-state index in [1.807, 2.05) is 6.92 Å². The molecule has 0 radical (unpaired) electrons. The van der Waals surface area contributed by atoms with Gasteiger partial charge in [0.1, 0.15) is 10.0 Å². The van der Waals surface area contributed by atoms with Crippen LogP contribution >= 0.6 is 11.3 Å². The van der Waals surface area contributed by atoms with Crippen molar-refractivity contribution in [2.24, 2.45) is 0 Å². The van der Waals surface area contributed by atoms with Crippen LogP contribution in [0.4, 0.5) is 0 Å². The third kappa shape index (κ3) is 1.64. The number of hydrogen-bond acceptors (Lipinski definition) is 4. The lowest BCUT2D eigenvalue weighted by atomic mass is 10.1.